The third kappa shape index (κ3) is 2.65. The molecule has 1 rings (SSSR count). The second-order valence-corrected chi connectivity index (χ2v) is 3.74. The van der Waals surface area contributed by atoms with E-state index in [1.807, 2.05) is 0 Å². The van der Waals surface area contributed by atoms with Crippen LogP contribution in [0.25, 0.3) is 0 Å². The van der Waals surface area contributed by atoms with Gasteiger partial charge in [-0.25, -0.2) is 4.39 Å². The van der Waals surface area contributed by atoms with Crippen LogP contribution in [0.15, 0.2) is 18.2 Å². The van der Waals surface area contributed by atoms with Gasteiger partial charge in [-0.3, -0.25) is 0 Å². The van der Waals surface area contributed by atoms with Crippen LogP contribution < -0.4 is 4.74 Å². The normalized spacial score (nSPS) is 10.8. The van der Waals surface area contributed by atoms with Gasteiger partial charge in [-0.1, -0.05) is 17.5 Å². The summed E-state index contributed by atoms with van der Waals surface area (Å²) in [5.41, 5.74) is -0.721. The Labute approximate surface area is 87.8 Å². The first-order valence-corrected chi connectivity index (χ1v) is 4.44. The van der Waals surface area contributed by atoms with E-state index in [0.717, 1.165) is 0 Å². The number of hydrogen-bond donors (Lipinski definition) is 0. The van der Waals surface area contributed by atoms with Gasteiger partial charge in [0.1, 0.15) is 11.6 Å². The van der Waals surface area contributed by atoms with Crippen LogP contribution in [0.5, 0.6) is 5.75 Å². The number of rotatable bonds is 2. The highest BCUT2D eigenvalue weighted by molar-refractivity contribution is 6.30. The van der Waals surface area contributed by atoms with Gasteiger partial charge in [0.05, 0.1) is 5.02 Å². The van der Waals surface area contributed by atoms with Gasteiger partial charge < -0.3 is 4.74 Å². The van der Waals surface area contributed by atoms with Crippen molar-refractivity contribution in [1.82, 2.24) is 0 Å². The fourth-order valence-electron chi connectivity index (χ4n) is 0.864. The van der Waals surface area contributed by atoms with Crippen molar-refractivity contribution in [2.45, 2.75) is 19.4 Å². The van der Waals surface area contributed by atoms with Gasteiger partial charge in [0, 0.05) is 6.07 Å². The molecule has 0 aliphatic rings. The number of halogens is 2. The molecule has 0 spiro atoms. The van der Waals surface area contributed by atoms with Gasteiger partial charge >= 0.3 is 0 Å². The Kier molecular flexibility index (Phi) is 3.03. The highest BCUT2D eigenvalue weighted by atomic mass is 35.5. The third-order valence-corrected chi connectivity index (χ3v) is 1.90. The summed E-state index contributed by atoms with van der Waals surface area (Å²) in [6.07, 6.45) is 5.24. The molecule has 0 atom stereocenters. The molecule has 0 aromatic heterocycles. The molecule has 0 bridgehead atoms. The van der Waals surface area contributed by atoms with E-state index in [4.69, 9.17) is 22.8 Å². The fourth-order valence-corrected chi connectivity index (χ4v) is 1.03. The molecule has 3 heteroatoms. The number of benzene rings is 1. The molecule has 14 heavy (non-hydrogen) atoms. The maximum atomic E-state index is 12.8. The van der Waals surface area contributed by atoms with E-state index in [0.29, 0.717) is 5.75 Å². The SMILES string of the molecule is C#CC(C)(C)Oc1ccc(F)c(Cl)c1. The summed E-state index contributed by atoms with van der Waals surface area (Å²) in [6, 6.07) is 4.13. The summed E-state index contributed by atoms with van der Waals surface area (Å²) < 4.78 is 18.2. The largest absolute Gasteiger partial charge is 0.475 e. The maximum absolute atomic E-state index is 12.8. The second kappa shape index (κ2) is 3.89. The summed E-state index contributed by atoms with van der Waals surface area (Å²) in [4.78, 5) is 0. The molecule has 0 aliphatic heterocycles. The number of ether oxygens (including phenoxy) is 1. The Hall–Kier alpha value is -1.20. The van der Waals surface area contributed by atoms with Crippen LogP contribution in [0, 0.1) is 18.2 Å². The molecule has 0 N–H and O–H groups in total. The van der Waals surface area contributed by atoms with Crippen molar-refractivity contribution in [3.63, 3.8) is 0 Å². The zero-order valence-electron chi connectivity index (χ0n) is 7.97. The van der Waals surface area contributed by atoms with E-state index in [9.17, 15) is 4.39 Å². The lowest BCUT2D eigenvalue weighted by molar-refractivity contribution is 0.172. The van der Waals surface area contributed by atoms with Crippen molar-refractivity contribution in [3.05, 3.63) is 29.0 Å². The minimum Gasteiger partial charge on any atom is -0.475 e. The Morgan fingerprint density at radius 3 is 2.64 bits per heavy atom. The van der Waals surface area contributed by atoms with E-state index in [-0.39, 0.29) is 5.02 Å². The molecule has 0 saturated carbocycles. The summed E-state index contributed by atoms with van der Waals surface area (Å²) in [6.45, 7) is 3.48. The van der Waals surface area contributed by atoms with Gasteiger partial charge in [-0.15, -0.1) is 6.42 Å². The minimum atomic E-state index is -0.721. The molecule has 0 unspecified atom stereocenters. The van der Waals surface area contributed by atoms with E-state index >= 15 is 0 Å². The summed E-state index contributed by atoms with van der Waals surface area (Å²) in [7, 11) is 0. The molecular formula is C11H10ClFO. The van der Waals surface area contributed by atoms with Crippen LogP contribution in [0.4, 0.5) is 4.39 Å². The Morgan fingerprint density at radius 2 is 2.14 bits per heavy atom. The van der Waals surface area contributed by atoms with Crippen LogP contribution in [-0.4, -0.2) is 5.60 Å². The lowest BCUT2D eigenvalue weighted by atomic mass is 10.1. The molecule has 1 aromatic rings. The average Bonchev–Trinajstić information content (AvgIpc) is 2.11. The molecule has 0 radical (unpaired) electrons. The summed E-state index contributed by atoms with van der Waals surface area (Å²) in [5.74, 6) is 2.45. The monoisotopic (exact) mass is 212 g/mol. The third-order valence-electron chi connectivity index (χ3n) is 1.61. The van der Waals surface area contributed by atoms with Crippen molar-refractivity contribution >= 4 is 11.6 Å². The predicted octanol–water partition coefficient (Wildman–Crippen LogP) is 3.27. The maximum Gasteiger partial charge on any atom is 0.163 e. The topological polar surface area (TPSA) is 9.23 Å². The molecule has 0 saturated heterocycles. The van der Waals surface area contributed by atoms with Crippen LogP contribution in [-0.2, 0) is 0 Å². The van der Waals surface area contributed by atoms with Crippen LogP contribution in [0.1, 0.15) is 13.8 Å². The number of terminal acetylenes is 1. The smallest absolute Gasteiger partial charge is 0.163 e. The molecule has 0 fully saturated rings. The zero-order chi connectivity index (χ0) is 10.8. The van der Waals surface area contributed by atoms with Gasteiger partial charge in [-0.2, -0.15) is 0 Å². The van der Waals surface area contributed by atoms with E-state index < -0.39 is 11.4 Å². The lowest BCUT2D eigenvalue weighted by Crippen LogP contribution is -2.25. The molecule has 0 aliphatic carbocycles. The minimum absolute atomic E-state index is 0.0234. The molecule has 74 valence electrons. The predicted molar refractivity (Wildman–Crippen MR) is 55.0 cm³/mol. The Bertz CT molecular complexity index is 379. The van der Waals surface area contributed by atoms with Gasteiger partial charge in [0.15, 0.2) is 5.60 Å². The molecule has 1 aromatic carbocycles. The molecule has 0 amide bonds. The van der Waals surface area contributed by atoms with Crippen LogP contribution in [0.3, 0.4) is 0 Å². The first-order valence-electron chi connectivity index (χ1n) is 4.06. The fraction of sp³-hybridized carbons (Fsp3) is 0.273. The number of hydrogen-bond acceptors (Lipinski definition) is 1. The van der Waals surface area contributed by atoms with E-state index in [2.05, 4.69) is 5.92 Å². The Balaban J connectivity index is 2.90. The van der Waals surface area contributed by atoms with Crippen molar-refractivity contribution in [1.29, 1.82) is 0 Å². The quantitative estimate of drug-likeness (QED) is 0.684. The first kappa shape index (κ1) is 10.9. The zero-order valence-corrected chi connectivity index (χ0v) is 8.73. The summed E-state index contributed by atoms with van der Waals surface area (Å²) in [5, 5.41) is 0.0234. The van der Waals surface area contributed by atoms with Gasteiger partial charge in [0.25, 0.3) is 0 Å². The van der Waals surface area contributed by atoms with Gasteiger partial charge in [0.2, 0.25) is 0 Å². The average molecular weight is 213 g/mol. The van der Waals surface area contributed by atoms with Crippen molar-refractivity contribution in [2.75, 3.05) is 0 Å². The molecule has 1 nitrogen and oxygen atoms in total. The molecule has 0 heterocycles. The van der Waals surface area contributed by atoms with Crippen LogP contribution >= 0.6 is 11.6 Å². The van der Waals surface area contributed by atoms with Crippen molar-refractivity contribution < 1.29 is 9.13 Å². The second-order valence-electron chi connectivity index (χ2n) is 3.33. The van der Waals surface area contributed by atoms with Crippen LogP contribution in [0.2, 0.25) is 5.02 Å². The summed E-state index contributed by atoms with van der Waals surface area (Å²) >= 11 is 5.58. The standard InChI is InChI=1S/C11H10ClFO/c1-4-11(2,3)14-8-5-6-10(13)9(12)7-8/h1,5-7H,2-3H3. The molecular weight excluding hydrogens is 203 g/mol. The van der Waals surface area contributed by atoms with E-state index in [1.54, 1.807) is 13.8 Å². The first-order chi connectivity index (χ1) is 6.44. The Morgan fingerprint density at radius 1 is 1.50 bits per heavy atom. The van der Waals surface area contributed by atoms with E-state index in [1.165, 1.54) is 18.2 Å². The highest BCUT2D eigenvalue weighted by Crippen LogP contribution is 2.24. The highest BCUT2D eigenvalue weighted by Gasteiger charge is 2.16. The van der Waals surface area contributed by atoms with Crippen molar-refractivity contribution in [2.24, 2.45) is 0 Å². The lowest BCUT2D eigenvalue weighted by Gasteiger charge is -2.20. The van der Waals surface area contributed by atoms with Crippen molar-refractivity contribution in [3.8, 4) is 18.1 Å². The van der Waals surface area contributed by atoms with Gasteiger partial charge in [-0.05, 0) is 26.0 Å².